The Labute approximate surface area is 151 Å². The molecule has 1 aromatic carbocycles. The number of carbonyl (C=O) groups is 1. The van der Waals surface area contributed by atoms with E-state index >= 15 is 0 Å². The molecule has 1 aromatic rings. The molecule has 2 aliphatic heterocycles. The molecule has 1 N–H and O–H groups in total. The highest BCUT2D eigenvalue weighted by Crippen LogP contribution is 2.23. The summed E-state index contributed by atoms with van der Waals surface area (Å²) in [5, 5.41) is 9.69. The normalized spacial score (nSPS) is 21.4. The molecule has 2 saturated heterocycles. The fraction of sp³-hybridized carbons (Fsp3) is 0.650. The Morgan fingerprint density at radius 3 is 2.20 bits per heavy atom. The molecule has 25 heavy (non-hydrogen) atoms. The summed E-state index contributed by atoms with van der Waals surface area (Å²) >= 11 is 0. The average molecular weight is 345 g/mol. The van der Waals surface area contributed by atoms with Crippen molar-refractivity contribution < 1.29 is 9.90 Å². The topological polar surface area (TPSA) is 47.0 Å². The van der Waals surface area contributed by atoms with Gasteiger partial charge >= 0.3 is 0 Å². The summed E-state index contributed by atoms with van der Waals surface area (Å²) in [7, 11) is 0. The second-order valence-corrected chi connectivity index (χ2v) is 7.34. The fourth-order valence-corrected chi connectivity index (χ4v) is 3.90. The van der Waals surface area contributed by atoms with E-state index in [1.54, 1.807) is 0 Å². The van der Waals surface area contributed by atoms with E-state index in [9.17, 15) is 9.90 Å². The summed E-state index contributed by atoms with van der Waals surface area (Å²) in [6.07, 6.45) is 1.51. The molecule has 0 saturated carbocycles. The predicted molar refractivity (Wildman–Crippen MR) is 101 cm³/mol. The van der Waals surface area contributed by atoms with E-state index in [1.165, 1.54) is 5.69 Å². The van der Waals surface area contributed by atoms with Crippen molar-refractivity contribution in [1.29, 1.82) is 0 Å². The lowest BCUT2D eigenvalue weighted by atomic mass is 9.92. The number of benzene rings is 1. The van der Waals surface area contributed by atoms with Crippen LogP contribution in [0.4, 0.5) is 5.69 Å². The third kappa shape index (κ3) is 4.33. The van der Waals surface area contributed by atoms with Gasteiger partial charge in [-0.1, -0.05) is 6.92 Å². The van der Waals surface area contributed by atoms with Crippen molar-refractivity contribution >= 4 is 11.6 Å². The number of hydrogen-bond acceptors (Lipinski definition) is 4. The van der Waals surface area contributed by atoms with Gasteiger partial charge in [0.25, 0.3) is 5.91 Å². The molecule has 0 spiro atoms. The molecular formula is C20H31N3O2. The molecule has 3 rings (SSSR count). The van der Waals surface area contributed by atoms with Crippen LogP contribution in [-0.2, 0) is 0 Å². The van der Waals surface area contributed by atoms with Crippen LogP contribution >= 0.6 is 0 Å². The maximum Gasteiger partial charge on any atom is 0.253 e. The van der Waals surface area contributed by atoms with Gasteiger partial charge in [-0.05, 0) is 56.5 Å². The summed E-state index contributed by atoms with van der Waals surface area (Å²) < 4.78 is 0. The van der Waals surface area contributed by atoms with Gasteiger partial charge in [-0.25, -0.2) is 0 Å². The Kier molecular flexibility index (Phi) is 5.97. The first-order valence-electron chi connectivity index (χ1n) is 9.63. The average Bonchev–Trinajstić information content (AvgIpc) is 2.67. The maximum absolute atomic E-state index is 12.7. The standard InChI is InChI=1S/C20H31N3O2/c1-3-21-12-14-22(15-13-21)19-6-4-18(5-7-19)20(25)23-10-8-17(9-11-23)16(2)24/h4-7,16-17,24H,3,8-15H2,1-2H3. The molecular weight excluding hydrogens is 314 g/mol. The maximum atomic E-state index is 12.7. The molecule has 0 bridgehead atoms. The molecule has 0 radical (unpaired) electrons. The van der Waals surface area contributed by atoms with Crippen molar-refractivity contribution in [3.05, 3.63) is 29.8 Å². The second kappa shape index (κ2) is 8.19. The number of nitrogens with zero attached hydrogens (tertiary/aromatic N) is 3. The molecule has 2 fully saturated rings. The molecule has 0 aromatic heterocycles. The minimum absolute atomic E-state index is 0.117. The number of piperidine rings is 1. The molecule has 2 aliphatic rings. The minimum atomic E-state index is -0.273. The Morgan fingerprint density at radius 1 is 1.08 bits per heavy atom. The van der Waals surface area contributed by atoms with Crippen molar-refractivity contribution in [1.82, 2.24) is 9.80 Å². The summed E-state index contributed by atoms with van der Waals surface area (Å²) in [5.74, 6) is 0.444. The first-order chi connectivity index (χ1) is 12.1. The summed E-state index contributed by atoms with van der Waals surface area (Å²) in [5.41, 5.74) is 1.98. The molecule has 1 atom stereocenters. The van der Waals surface area contributed by atoms with E-state index in [0.717, 1.165) is 64.2 Å². The number of amides is 1. The van der Waals surface area contributed by atoms with Crippen molar-refractivity contribution in [3.63, 3.8) is 0 Å². The van der Waals surface area contributed by atoms with Crippen molar-refractivity contribution in [3.8, 4) is 0 Å². The van der Waals surface area contributed by atoms with E-state index in [-0.39, 0.29) is 12.0 Å². The Morgan fingerprint density at radius 2 is 1.68 bits per heavy atom. The molecule has 1 unspecified atom stereocenters. The third-order valence-corrected chi connectivity index (χ3v) is 5.81. The highest BCUT2D eigenvalue weighted by atomic mass is 16.3. The Bertz CT molecular complexity index is 557. The second-order valence-electron chi connectivity index (χ2n) is 7.34. The zero-order chi connectivity index (χ0) is 17.8. The zero-order valence-electron chi connectivity index (χ0n) is 15.5. The largest absolute Gasteiger partial charge is 0.393 e. The van der Waals surface area contributed by atoms with E-state index in [4.69, 9.17) is 0 Å². The van der Waals surface area contributed by atoms with Crippen LogP contribution in [0.5, 0.6) is 0 Å². The number of carbonyl (C=O) groups excluding carboxylic acids is 1. The number of aliphatic hydroxyl groups is 1. The SMILES string of the molecule is CCN1CCN(c2ccc(C(=O)N3CCC(C(C)O)CC3)cc2)CC1. The first-order valence-corrected chi connectivity index (χ1v) is 9.63. The van der Waals surface area contributed by atoms with Gasteiger partial charge in [-0.2, -0.15) is 0 Å². The zero-order valence-corrected chi connectivity index (χ0v) is 15.5. The highest BCUT2D eigenvalue weighted by molar-refractivity contribution is 5.94. The predicted octanol–water partition coefficient (Wildman–Crippen LogP) is 2.06. The lowest BCUT2D eigenvalue weighted by molar-refractivity contribution is 0.0521. The van der Waals surface area contributed by atoms with Crippen molar-refractivity contribution in [2.75, 3.05) is 50.7 Å². The van der Waals surface area contributed by atoms with E-state index in [2.05, 4.69) is 28.9 Å². The summed E-state index contributed by atoms with van der Waals surface area (Å²) in [6.45, 7) is 11.0. The quantitative estimate of drug-likeness (QED) is 0.907. The Balaban J connectivity index is 1.56. The number of aliphatic hydroxyl groups excluding tert-OH is 1. The van der Waals surface area contributed by atoms with E-state index in [1.807, 2.05) is 24.0 Å². The lowest BCUT2D eigenvalue weighted by Crippen LogP contribution is -2.46. The van der Waals surface area contributed by atoms with Gasteiger partial charge in [0.15, 0.2) is 0 Å². The van der Waals surface area contributed by atoms with Gasteiger partial charge < -0.3 is 19.8 Å². The van der Waals surface area contributed by atoms with Gasteiger partial charge in [0, 0.05) is 50.5 Å². The van der Waals surface area contributed by atoms with Crippen LogP contribution in [0.1, 0.15) is 37.0 Å². The number of piperazine rings is 1. The molecule has 5 nitrogen and oxygen atoms in total. The number of likely N-dealkylation sites (N-methyl/N-ethyl adjacent to an activating group) is 1. The van der Waals surface area contributed by atoms with Crippen LogP contribution in [-0.4, -0.2) is 72.7 Å². The highest BCUT2D eigenvalue weighted by Gasteiger charge is 2.26. The minimum Gasteiger partial charge on any atom is -0.393 e. The van der Waals surface area contributed by atoms with Gasteiger partial charge in [-0.15, -0.1) is 0 Å². The molecule has 138 valence electrons. The summed E-state index contributed by atoms with van der Waals surface area (Å²) in [6, 6.07) is 8.09. The van der Waals surface area contributed by atoms with Crippen LogP contribution in [0, 0.1) is 5.92 Å². The van der Waals surface area contributed by atoms with Gasteiger partial charge in [0.1, 0.15) is 0 Å². The molecule has 0 aliphatic carbocycles. The molecule has 5 heteroatoms. The van der Waals surface area contributed by atoms with E-state index < -0.39 is 0 Å². The van der Waals surface area contributed by atoms with Crippen LogP contribution < -0.4 is 4.90 Å². The summed E-state index contributed by atoms with van der Waals surface area (Å²) in [4.78, 5) is 19.5. The molecule has 2 heterocycles. The van der Waals surface area contributed by atoms with Crippen molar-refractivity contribution in [2.24, 2.45) is 5.92 Å². The number of anilines is 1. The fourth-order valence-electron chi connectivity index (χ4n) is 3.90. The van der Waals surface area contributed by atoms with Crippen LogP contribution in [0.15, 0.2) is 24.3 Å². The van der Waals surface area contributed by atoms with Gasteiger partial charge in [0.2, 0.25) is 0 Å². The smallest absolute Gasteiger partial charge is 0.253 e. The lowest BCUT2D eigenvalue weighted by Gasteiger charge is -2.35. The third-order valence-electron chi connectivity index (χ3n) is 5.81. The van der Waals surface area contributed by atoms with Crippen LogP contribution in [0.2, 0.25) is 0 Å². The van der Waals surface area contributed by atoms with Crippen molar-refractivity contribution in [2.45, 2.75) is 32.8 Å². The monoisotopic (exact) mass is 345 g/mol. The number of hydrogen-bond donors (Lipinski definition) is 1. The Hall–Kier alpha value is -1.59. The number of likely N-dealkylation sites (tertiary alicyclic amines) is 1. The van der Waals surface area contributed by atoms with Gasteiger partial charge in [0.05, 0.1) is 6.10 Å². The van der Waals surface area contributed by atoms with Crippen LogP contribution in [0.3, 0.4) is 0 Å². The van der Waals surface area contributed by atoms with Gasteiger partial charge in [-0.3, -0.25) is 4.79 Å². The van der Waals surface area contributed by atoms with E-state index in [0.29, 0.717) is 5.92 Å². The number of rotatable bonds is 4. The first kappa shape index (κ1) is 18.2. The molecule has 1 amide bonds. The van der Waals surface area contributed by atoms with Crippen LogP contribution in [0.25, 0.3) is 0 Å².